The third-order valence-electron chi connectivity index (χ3n) is 4.20. The Bertz CT molecular complexity index is 1260. The Morgan fingerprint density at radius 1 is 0.774 bits per heavy atom. The Labute approximate surface area is 181 Å². The van der Waals surface area contributed by atoms with Gasteiger partial charge in [0.1, 0.15) is 0 Å². The van der Waals surface area contributed by atoms with Gasteiger partial charge in [0.2, 0.25) is 10.0 Å². The number of nitrogens with one attached hydrogen (secondary N) is 2. The lowest BCUT2D eigenvalue weighted by Gasteiger charge is -2.11. The molecule has 3 aromatic rings. The molecule has 0 saturated carbocycles. The normalized spacial score (nSPS) is 11.5. The van der Waals surface area contributed by atoms with Crippen LogP contribution in [0, 0.1) is 0 Å². The van der Waals surface area contributed by atoms with Crippen LogP contribution in [0.25, 0.3) is 0 Å². The predicted molar refractivity (Wildman–Crippen MR) is 118 cm³/mol. The fourth-order valence-corrected chi connectivity index (χ4v) is 4.97. The van der Waals surface area contributed by atoms with E-state index in [1.165, 1.54) is 55.6 Å². The Kier molecular flexibility index (Phi) is 6.62. The van der Waals surface area contributed by atoms with Gasteiger partial charge in [-0.15, -0.1) is 0 Å². The van der Waals surface area contributed by atoms with Crippen molar-refractivity contribution < 1.29 is 26.4 Å². The van der Waals surface area contributed by atoms with Crippen LogP contribution < -0.4 is 9.44 Å². The van der Waals surface area contributed by atoms with Gasteiger partial charge in [-0.3, -0.25) is 9.44 Å². The second kappa shape index (κ2) is 9.19. The molecule has 0 bridgehead atoms. The average molecular weight is 461 g/mol. The lowest BCUT2D eigenvalue weighted by atomic mass is 10.1. The van der Waals surface area contributed by atoms with Crippen LogP contribution in [0.4, 0.5) is 11.4 Å². The predicted octanol–water partition coefficient (Wildman–Crippen LogP) is 3.22. The summed E-state index contributed by atoms with van der Waals surface area (Å²) in [6.45, 7) is 0. The quantitative estimate of drug-likeness (QED) is 0.498. The molecule has 0 aliphatic heterocycles. The SMILES string of the molecule is COC(=O)c1ccc(CS(=O)(=O)Nc2ccc(S(=O)(=O)Nc3ccccc3)cc2)cc1. The van der Waals surface area contributed by atoms with Crippen LogP contribution in [0.15, 0.2) is 83.8 Å². The highest BCUT2D eigenvalue weighted by molar-refractivity contribution is 7.92. The third kappa shape index (κ3) is 6.06. The molecule has 8 nitrogen and oxygen atoms in total. The summed E-state index contributed by atoms with van der Waals surface area (Å²) in [7, 11) is -6.29. The highest BCUT2D eigenvalue weighted by atomic mass is 32.2. The zero-order valence-corrected chi connectivity index (χ0v) is 18.1. The van der Waals surface area contributed by atoms with E-state index in [1.54, 1.807) is 30.3 Å². The lowest BCUT2D eigenvalue weighted by Crippen LogP contribution is -2.16. The van der Waals surface area contributed by atoms with E-state index >= 15 is 0 Å². The largest absolute Gasteiger partial charge is 0.465 e. The Morgan fingerprint density at radius 3 is 1.94 bits per heavy atom. The van der Waals surface area contributed by atoms with Crippen molar-refractivity contribution in [3.05, 3.63) is 90.0 Å². The van der Waals surface area contributed by atoms with Crippen molar-refractivity contribution >= 4 is 37.4 Å². The summed E-state index contributed by atoms with van der Waals surface area (Å²) in [6.07, 6.45) is 0. The molecule has 0 atom stereocenters. The molecule has 0 aliphatic rings. The Hall–Kier alpha value is -3.37. The molecular weight excluding hydrogens is 440 g/mol. The number of carbonyl (C=O) groups excluding carboxylic acids is 1. The standard InChI is InChI=1S/C21H20N2O6S2/c1-29-21(24)17-9-7-16(8-10-17)15-30(25,26)22-19-11-13-20(14-12-19)31(27,28)23-18-5-3-2-4-6-18/h2-14,22-23H,15H2,1H3. The van der Waals surface area contributed by atoms with Crippen molar-refractivity contribution in [2.24, 2.45) is 0 Å². The number of para-hydroxylation sites is 1. The number of anilines is 2. The Morgan fingerprint density at radius 2 is 1.35 bits per heavy atom. The molecule has 0 saturated heterocycles. The first-order chi connectivity index (χ1) is 14.7. The second-order valence-electron chi connectivity index (χ2n) is 6.55. The van der Waals surface area contributed by atoms with Gasteiger partial charge in [-0.1, -0.05) is 30.3 Å². The van der Waals surface area contributed by atoms with E-state index in [-0.39, 0.29) is 16.3 Å². The summed E-state index contributed by atoms with van der Waals surface area (Å²) in [6, 6.07) is 19.8. The summed E-state index contributed by atoms with van der Waals surface area (Å²) in [4.78, 5) is 11.4. The summed E-state index contributed by atoms with van der Waals surface area (Å²) < 4.78 is 59.2. The number of rotatable bonds is 8. The molecule has 0 radical (unpaired) electrons. The summed E-state index contributed by atoms with van der Waals surface area (Å²) in [5.74, 6) is -0.825. The number of methoxy groups -OCH3 is 1. The van der Waals surface area contributed by atoms with Gasteiger partial charge in [0.05, 0.1) is 23.3 Å². The van der Waals surface area contributed by atoms with Gasteiger partial charge >= 0.3 is 5.97 Å². The summed E-state index contributed by atoms with van der Waals surface area (Å²) >= 11 is 0. The fourth-order valence-electron chi connectivity index (χ4n) is 2.71. The van der Waals surface area contributed by atoms with Gasteiger partial charge < -0.3 is 4.74 Å². The summed E-state index contributed by atoms with van der Waals surface area (Å²) in [5, 5.41) is 0. The van der Waals surface area contributed by atoms with E-state index in [0.717, 1.165) is 0 Å². The molecule has 0 aromatic heterocycles. The van der Waals surface area contributed by atoms with Crippen LogP contribution in [0.2, 0.25) is 0 Å². The van der Waals surface area contributed by atoms with E-state index in [9.17, 15) is 21.6 Å². The topological polar surface area (TPSA) is 119 Å². The zero-order chi connectivity index (χ0) is 22.5. The number of hydrogen-bond donors (Lipinski definition) is 2. The molecule has 31 heavy (non-hydrogen) atoms. The van der Waals surface area contributed by atoms with E-state index in [4.69, 9.17) is 0 Å². The number of benzene rings is 3. The first-order valence-electron chi connectivity index (χ1n) is 9.04. The minimum atomic E-state index is -3.80. The van der Waals surface area contributed by atoms with Gasteiger partial charge in [0.25, 0.3) is 10.0 Å². The van der Waals surface area contributed by atoms with Crippen molar-refractivity contribution in [1.29, 1.82) is 0 Å². The summed E-state index contributed by atoms with van der Waals surface area (Å²) in [5.41, 5.74) is 1.44. The molecule has 3 aromatic carbocycles. The van der Waals surface area contributed by atoms with Gasteiger partial charge in [-0.05, 0) is 54.1 Å². The minimum absolute atomic E-state index is 0.00213. The van der Waals surface area contributed by atoms with Crippen molar-refractivity contribution in [1.82, 2.24) is 0 Å². The van der Waals surface area contributed by atoms with Crippen LogP contribution in [-0.2, 0) is 30.5 Å². The smallest absolute Gasteiger partial charge is 0.337 e. The first-order valence-corrected chi connectivity index (χ1v) is 12.2. The van der Waals surface area contributed by atoms with Crippen LogP contribution in [-0.4, -0.2) is 29.9 Å². The van der Waals surface area contributed by atoms with Crippen LogP contribution in [0.1, 0.15) is 15.9 Å². The highest BCUT2D eigenvalue weighted by Gasteiger charge is 2.16. The molecule has 0 spiro atoms. The number of carbonyl (C=O) groups is 1. The van der Waals surface area contributed by atoms with Crippen molar-refractivity contribution in [2.45, 2.75) is 10.6 Å². The van der Waals surface area contributed by atoms with Crippen molar-refractivity contribution in [3.63, 3.8) is 0 Å². The van der Waals surface area contributed by atoms with Crippen molar-refractivity contribution in [3.8, 4) is 0 Å². The third-order valence-corrected chi connectivity index (χ3v) is 6.85. The maximum Gasteiger partial charge on any atom is 0.337 e. The molecule has 10 heteroatoms. The van der Waals surface area contributed by atoms with E-state index in [1.807, 2.05) is 0 Å². The molecular formula is C21H20N2O6S2. The molecule has 0 amide bonds. The Balaban J connectivity index is 1.67. The molecule has 3 rings (SSSR count). The first kappa shape index (κ1) is 22.3. The van der Waals surface area contributed by atoms with E-state index in [2.05, 4.69) is 14.2 Å². The van der Waals surface area contributed by atoms with E-state index in [0.29, 0.717) is 16.8 Å². The zero-order valence-electron chi connectivity index (χ0n) is 16.5. The maximum absolute atomic E-state index is 12.5. The molecule has 0 aliphatic carbocycles. The molecule has 0 heterocycles. The van der Waals surface area contributed by atoms with Crippen LogP contribution in [0.3, 0.4) is 0 Å². The van der Waals surface area contributed by atoms with Gasteiger partial charge in [0.15, 0.2) is 0 Å². The lowest BCUT2D eigenvalue weighted by molar-refractivity contribution is 0.0600. The molecule has 0 fully saturated rings. The van der Waals surface area contributed by atoms with E-state index < -0.39 is 26.0 Å². The van der Waals surface area contributed by atoms with Crippen LogP contribution in [0.5, 0.6) is 0 Å². The average Bonchev–Trinajstić information content (AvgIpc) is 2.74. The van der Waals surface area contributed by atoms with Gasteiger partial charge in [0, 0.05) is 11.4 Å². The number of sulfonamides is 2. The molecule has 162 valence electrons. The van der Waals surface area contributed by atoms with Gasteiger partial charge in [-0.2, -0.15) is 0 Å². The fraction of sp³-hybridized carbons (Fsp3) is 0.0952. The van der Waals surface area contributed by atoms with Crippen LogP contribution >= 0.6 is 0 Å². The number of ether oxygens (including phenoxy) is 1. The highest BCUT2D eigenvalue weighted by Crippen LogP contribution is 2.19. The molecule has 0 unspecified atom stereocenters. The van der Waals surface area contributed by atoms with Crippen molar-refractivity contribution in [2.75, 3.05) is 16.6 Å². The van der Waals surface area contributed by atoms with Gasteiger partial charge in [-0.25, -0.2) is 21.6 Å². The molecule has 2 N–H and O–H groups in total. The number of esters is 1. The maximum atomic E-state index is 12.5. The number of hydrogen-bond acceptors (Lipinski definition) is 6. The minimum Gasteiger partial charge on any atom is -0.465 e. The second-order valence-corrected chi connectivity index (χ2v) is 9.95. The monoisotopic (exact) mass is 460 g/mol.